The van der Waals surface area contributed by atoms with Gasteiger partial charge in [-0.15, -0.1) is 0 Å². The smallest absolute Gasteiger partial charge is 0.418 e. The Bertz CT molecular complexity index is 1350. The Kier molecular flexibility index (Phi) is 6.03. The van der Waals surface area contributed by atoms with Gasteiger partial charge in [-0.2, -0.15) is 23.0 Å². The Hall–Kier alpha value is -3.73. The van der Waals surface area contributed by atoms with E-state index in [0.29, 0.717) is 42.3 Å². The topological polar surface area (TPSA) is 86.0 Å². The molecule has 2 aromatic carbocycles. The minimum atomic E-state index is -4.73. The number of aliphatic hydroxyl groups excluding tert-OH is 1. The third kappa shape index (κ3) is 4.23. The third-order valence-corrected chi connectivity index (χ3v) is 6.41. The van der Waals surface area contributed by atoms with E-state index in [2.05, 4.69) is 5.10 Å². The molecule has 1 aromatic heterocycles. The fraction of sp³-hybridized carbons (Fsp3) is 0.360. The van der Waals surface area contributed by atoms with Gasteiger partial charge < -0.3 is 24.2 Å². The Balaban J connectivity index is 1.75. The molecule has 0 bridgehead atoms. The zero-order chi connectivity index (χ0) is 25.6. The van der Waals surface area contributed by atoms with Crippen LogP contribution >= 0.6 is 0 Å². The lowest BCUT2D eigenvalue weighted by Crippen LogP contribution is -2.28. The van der Waals surface area contributed by atoms with Crippen LogP contribution in [0.4, 0.5) is 18.9 Å². The van der Waals surface area contributed by atoms with Crippen molar-refractivity contribution < 1.29 is 32.5 Å². The lowest BCUT2D eigenvalue weighted by Gasteiger charge is -2.22. The van der Waals surface area contributed by atoms with Crippen molar-refractivity contribution in [3.63, 3.8) is 0 Å². The van der Waals surface area contributed by atoms with E-state index >= 15 is 0 Å². The molecular weight excluding hydrogens is 479 g/mol. The Labute approximate surface area is 204 Å². The summed E-state index contributed by atoms with van der Waals surface area (Å²) < 4.78 is 59.4. The molecule has 0 saturated carbocycles. The maximum absolute atomic E-state index is 14.1. The van der Waals surface area contributed by atoms with E-state index in [1.54, 1.807) is 23.1 Å². The predicted octanol–water partition coefficient (Wildman–Crippen LogP) is 3.44. The van der Waals surface area contributed by atoms with Crippen molar-refractivity contribution >= 4 is 5.69 Å². The number of halogens is 3. The highest BCUT2D eigenvalue weighted by atomic mass is 19.4. The molecule has 5 rings (SSSR count). The summed E-state index contributed by atoms with van der Waals surface area (Å²) in [5.41, 5.74) is -0.683. The van der Waals surface area contributed by atoms with Crippen molar-refractivity contribution in [1.82, 2.24) is 9.78 Å². The van der Waals surface area contributed by atoms with Crippen molar-refractivity contribution in [2.75, 3.05) is 38.8 Å². The predicted molar refractivity (Wildman–Crippen MR) is 125 cm³/mol. The Morgan fingerprint density at radius 1 is 1.11 bits per heavy atom. The molecule has 1 fully saturated rings. The summed E-state index contributed by atoms with van der Waals surface area (Å²) in [6.45, 7) is 0.989. The molecule has 11 heteroatoms. The van der Waals surface area contributed by atoms with E-state index in [4.69, 9.17) is 14.2 Å². The number of benzene rings is 2. The molecule has 8 nitrogen and oxygen atoms in total. The van der Waals surface area contributed by atoms with E-state index in [1.807, 2.05) is 0 Å². The number of methoxy groups -OCH3 is 2. The average molecular weight is 503 g/mol. The molecule has 1 saturated heterocycles. The monoisotopic (exact) mass is 503 g/mol. The summed E-state index contributed by atoms with van der Waals surface area (Å²) >= 11 is 0. The van der Waals surface area contributed by atoms with Crippen molar-refractivity contribution in [2.45, 2.75) is 25.1 Å². The fourth-order valence-electron chi connectivity index (χ4n) is 4.59. The number of hydrogen-bond acceptors (Lipinski definition) is 7. The van der Waals surface area contributed by atoms with Crippen molar-refractivity contribution in [3.8, 4) is 34.2 Å². The Morgan fingerprint density at radius 3 is 2.44 bits per heavy atom. The molecule has 0 spiro atoms. The number of fused-ring (bicyclic) bond motifs is 1. The van der Waals surface area contributed by atoms with Gasteiger partial charge in [0.05, 0.1) is 43.7 Å². The first-order chi connectivity index (χ1) is 17.2. The van der Waals surface area contributed by atoms with Crippen LogP contribution < -0.4 is 24.7 Å². The average Bonchev–Trinajstić information content (AvgIpc) is 3.53. The number of β-amino-alcohol motifs (C(OH)–C–C–N with tert-alkyl or cyclic N) is 1. The SMILES string of the molecule is COc1cc(OC)cc(-c2nn(-c3cc(N4CCC(O)C4)ccc3C(F)(F)F)c(=O)c3c2OCC3)c1. The van der Waals surface area contributed by atoms with Crippen molar-refractivity contribution in [3.05, 3.63) is 57.9 Å². The Morgan fingerprint density at radius 2 is 1.83 bits per heavy atom. The minimum Gasteiger partial charge on any atom is -0.497 e. The number of rotatable bonds is 5. The standard InChI is InChI=1S/C25H24F3N3O5/c1-34-17-9-14(10-18(12-17)35-2)22-23-19(6-8-36-23)24(33)31(29-22)21-11-15(30-7-5-16(32)13-30)3-4-20(21)25(26,27)28/h3-4,9-12,16,32H,5-8,13H2,1-2H3. The van der Waals surface area contributed by atoms with Gasteiger partial charge in [-0.1, -0.05) is 0 Å². The number of aromatic nitrogens is 2. The van der Waals surface area contributed by atoms with Gasteiger partial charge in [0, 0.05) is 36.8 Å². The van der Waals surface area contributed by atoms with Crippen molar-refractivity contribution in [1.29, 1.82) is 0 Å². The van der Waals surface area contributed by atoms with Crippen LogP contribution in [0.5, 0.6) is 17.2 Å². The zero-order valence-corrected chi connectivity index (χ0v) is 19.6. The molecule has 1 N–H and O–H groups in total. The number of anilines is 1. The van der Waals surface area contributed by atoms with Crippen LogP contribution in [0.2, 0.25) is 0 Å². The molecule has 0 aliphatic carbocycles. The lowest BCUT2D eigenvalue weighted by molar-refractivity contribution is -0.137. The second kappa shape index (κ2) is 9.05. The second-order valence-electron chi connectivity index (χ2n) is 8.66. The first-order valence-electron chi connectivity index (χ1n) is 11.4. The largest absolute Gasteiger partial charge is 0.497 e. The lowest BCUT2D eigenvalue weighted by atomic mass is 10.1. The van der Waals surface area contributed by atoms with Crippen molar-refractivity contribution in [2.24, 2.45) is 0 Å². The van der Waals surface area contributed by atoms with E-state index in [9.17, 15) is 23.1 Å². The van der Waals surface area contributed by atoms with Crippen LogP contribution in [0.1, 0.15) is 17.5 Å². The number of aliphatic hydroxyl groups is 1. The van der Waals surface area contributed by atoms with E-state index in [-0.39, 0.29) is 30.0 Å². The second-order valence-corrected chi connectivity index (χ2v) is 8.66. The third-order valence-electron chi connectivity index (χ3n) is 6.41. The fourth-order valence-corrected chi connectivity index (χ4v) is 4.59. The van der Waals surface area contributed by atoms with Gasteiger partial charge in [0.25, 0.3) is 5.56 Å². The summed E-state index contributed by atoms with van der Waals surface area (Å²) in [6.07, 6.45) is -4.55. The first kappa shape index (κ1) is 24.0. The number of alkyl halides is 3. The number of ether oxygens (including phenoxy) is 3. The molecule has 3 aromatic rings. The highest BCUT2D eigenvalue weighted by molar-refractivity contribution is 5.71. The maximum Gasteiger partial charge on any atom is 0.418 e. The number of hydrogen-bond donors (Lipinski definition) is 1. The quantitative estimate of drug-likeness (QED) is 0.571. The molecule has 1 unspecified atom stereocenters. The summed E-state index contributed by atoms with van der Waals surface area (Å²) in [5.74, 6) is 1.13. The van der Waals surface area contributed by atoms with Gasteiger partial charge in [0.15, 0.2) is 5.75 Å². The van der Waals surface area contributed by atoms with Crippen LogP contribution in [-0.4, -0.2) is 54.9 Å². The van der Waals surface area contributed by atoms with Gasteiger partial charge in [0.2, 0.25) is 0 Å². The van der Waals surface area contributed by atoms with Gasteiger partial charge >= 0.3 is 6.18 Å². The molecular formula is C25H24F3N3O5. The normalized spacial score (nSPS) is 17.2. The highest BCUT2D eigenvalue weighted by Gasteiger charge is 2.36. The minimum absolute atomic E-state index is 0.203. The highest BCUT2D eigenvalue weighted by Crippen LogP contribution is 2.39. The van der Waals surface area contributed by atoms with Crippen LogP contribution in [0.25, 0.3) is 16.9 Å². The molecule has 3 heterocycles. The molecule has 2 aliphatic rings. The van der Waals surface area contributed by atoms with E-state index in [0.717, 1.165) is 10.7 Å². The number of nitrogens with zero attached hydrogens (tertiary/aromatic N) is 3. The maximum atomic E-state index is 14.1. The molecule has 2 aliphatic heterocycles. The zero-order valence-electron chi connectivity index (χ0n) is 19.6. The van der Waals surface area contributed by atoms with Gasteiger partial charge in [-0.05, 0) is 36.8 Å². The van der Waals surface area contributed by atoms with Crippen LogP contribution in [0.3, 0.4) is 0 Å². The molecule has 0 amide bonds. The first-order valence-corrected chi connectivity index (χ1v) is 11.4. The van der Waals surface area contributed by atoms with E-state index in [1.165, 1.54) is 26.4 Å². The summed E-state index contributed by atoms with van der Waals surface area (Å²) in [6, 6.07) is 8.54. The van der Waals surface area contributed by atoms with Gasteiger partial charge in [-0.25, -0.2) is 0 Å². The molecule has 1 atom stereocenters. The van der Waals surface area contributed by atoms with Gasteiger partial charge in [-0.3, -0.25) is 4.79 Å². The molecule has 36 heavy (non-hydrogen) atoms. The summed E-state index contributed by atoms with van der Waals surface area (Å²) in [5, 5.41) is 14.3. The van der Waals surface area contributed by atoms with Crippen LogP contribution in [0.15, 0.2) is 41.2 Å². The van der Waals surface area contributed by atoms with E-state index < -0.39 is 29.1 Å². The van der Waals surface area contributed by atoms with Gasteiger partial charge in [0.1, 0.15) is 17.2 Å². The van der Waals surface area contributed by atoms with Crippen LogP contribution in [0, 0.1) is 0 Å². The molecule has 0 radical (unpaired) electrons. The summed E-state index contributed by atoms with van der Waals surface area (Å²) in [4.78, 5) is 15.2. The van der Waals surface area contributed by atoms with Crippen LogP contribution in [-0.2, 0) is 12.6 Å². The summed E-state index contributed by atoms with van der Waals surface area (Å²) in [7, 11) is 2.95. The molecule has 190 valence electrons.